The first kappa shape index (κ1) is 11.9. The van der Waals surface area contributed by atoms with Gasteiger partial charge in [0.05, 0.1) is 11.8 Å². The van der Waals surface area contributed by atoms with Gasteiger partial charge in [-0.15, -0.1) is 0 Å². The molecule has 1 aliphatic heterocycles. The van der Waals surface area contributed by atoms with Gasteiger partial charge in [-0.2, -0.15) is 0 Å². The van der Waals surface area contributed by atoms with E-state index in [0.29, 0.717) is 22.8 Å². The van der Waals surface area contributed by atoms with Gasteiger partial charge in [-0.25, -0.2) is 9.88 Å². The van der Waals surface area contributed by atoms with Gasteiger partial charge in [0.25, 0.3) is 0 Å². The molecule has 3 fully saturated rings. The Kier molecular flexibility index (Phi) is 2.12. The first-order chi connectivity index (χ1) is 10.2. The summed E-state index contributed by atoms with van der Waals surface area (Å²) in [6.45, 7) is 0. The average Bonchev–Trinajstić information content (AvgIpc) is 3.24. The third-order valence-corrected chi connectivity index (χ3v) is 5.80. The fourth-order valence-electron chi connectivity index (χ4n) is 4.70. The maximum absolute atomic E-state index is 12.8. The van der Waals surface area contributed by atoms with Crippen molar-refractivity contribution < 1.29 is 9.59 Å². The summed E-state index contributed by atoms with van der Waals surface area (Å²) >= 11 is 5.90. The molecular weight excluding hydrogens is 288 g/mol. The molecule has 1 aromatic heterocycles. The maximum Gasteiger partial charge on any atom is 0.239 e. The predicted molar refractivity (Wildman–Crippen MR) is 76.4 cm³/mol. The van der Waals surface area contributed by atoms with Crippen LogP contribution in [0.2, 0.25) is 5.15 Å². The van der Waals surface area contributed by atoms with E-state index < -0.39 is 0 Å². The highest BCUT2D eigenvalue weighted by molar-refractivity contribution is 6.30. The number of aromatic nitrogens is 1. The highest BCUT2D eigenvalue weighted by Crippen LogP contribution is 2.65. The standard InChI is InChI=1S/C16H13ClN2O2/c17-11-2-1-3-12(18-11)19-15(20)13-7-4-5-8(10-6-9(7)10)14(13)16(19)21/h1-5,7-10,13-14H,6H2. The van der Waals surface area contributed by atoms with E-state index in [1.165, 1.54) is 11.3 Å². The van der Waals surface area contributed by atoms with E-state index in [4.69, 9.17) is 11.6 Å². The SMILES string of the molecule is O=C1C2C3C=CC(C4CC34)C2C(=O)N1c1cccc(Cl)n1. The second kappa shape index (κ2) is 3.74. The largest absolute Gasteiger partial charge is 0.274 e. The van der Waals surface area contributed by atoms with Gasteiger partial charge in [-0.3, -0.25) is 9.59 Å². The van der Waals surface area contributed by atoms with Crippen molar-refractivity contribution in [2.75, 3.05) is 4.90 Å². The van der Waals surface area contributed by atoms with Gasteiger partial charge in [0.1, 0.15) is 11.0 Å². The molecule has 5 heteroatoms. The molecule has 1 aromatic rings. The summed E-state index contributed by atoms with van der Waals surface area (Å²) in [5, 5.41) is 0.298. The molecular formula is C16H13ClN2O2. The van der Waals surface area contributed by atoms with Crippen LogP contribution >= 0.6 is 11.6 Å². The predicted octanol–water partition coefficient (Wildman–Crippen LogP) is 2.29. The van der Waals surface area contributed by atoms with Crippen molar-refractivity contribution in [2.45, 2.75) is 6.42 Å². The molecule has 106 valence electrons. The molecule has 6 unspecified atom stereocenters. The smallest absolute Gasteiger partial charge is 0.239 e. The normalized spacial score (nSPS) is 42.2. The maximum atomic E-state index is 12.8. The van der Waals surface area contributed by atoms with Crippen molar-refractivity contribution in [2.24, 2.45) is 35.5 Å². The number of rotatable bonds is 1. The lowest BCUT2D eigenvalue weighted by Gasteiger charge is -2.37. The lowest BCUT2D eigenvalue weighted by Crippen LogP contribution is -2.40. The van der Waals surface area contributed by atoms with E-state index in [-0.39, 0.29) is 35.5 Å². The van der Waals surface area contributed by atoms with Crippen LogP contribution in [-0.2, 0) is 9.59 Å². The quantitative estimate of drug-likeness (QED) is 0.454. The molecule has 21 heavy (non-hydrogen) atoms. The minimum absolute atomic E-state index is 0.0931. The van der Waals surface area contributed by atoms with Crippen LogP contribution in [0, 0.1) is 35.5 Å². The molecule has 5 aliphatic rings. The van der Waals surface area contributed by atoms with Crippen molar-refractivity contribution in [3.05, 3.63) is 35.5 Å². The van der Waals surface area contributed by atoms with Crippen LogP contribution in [0.4, 0.5) is 5.82 Å². The zero-order valence-electron chi connectivity index (χ0n) is 11.1. The summed E-state index contributed by atoms with van der Waals surface area (Å²) in [7, 11) is 0. The summed E-state index contributed by atoms with van der Waals surface area (Å²) < 4.78 is 0. The van der Waals surface area contributed by atoms with Crippen molar-refractivity contribution in [3.8, 4) is 0 Å². The van der Waals surface area contributed by atoms with Crippen molar-refractivity contribution in [1.82, 2.24) is 4.98 Å². The number of hydrogen-bond acceptors (Lipinski definition) is 3. The van der Waals surface area contributed by atoms with Crippen LogP contribution in [0.1, 0.15) is 6.42 Å². The van der Waals surface area contributed by atoms with Crippen molar-refractivity contribution in [1.29, 1.82) is 0 Å². The van der Waals surface area contributed by atoms with E-state index in [0.717, 1.165) is 0 Å². The minimum atomic E-state index is -0.183. The van der Waals surface area contributed by atoms with Crippen molar-refractivity contribution in [3.63, 3.8) is 0 Å². The van der Waals surface area contributed by atoms with E-state index in [1.54, 1.807) is 18.2 Å². The van der Waals surface area contributed by atoms with Gasteiger partial charge < -0.3 is 0 Å². The van der Waals surface area contributed by atoms with Crippen LogP contribution < -0.4 is 4.90 Å². The molecule has 2 heterocycles. The van der Waals surface area contributed by atoms with E-state index in [1.807, 2.05) is 0 Å². The summed E-state index contributed by atoms with van der Waals surface area (Å²) in [5.74, 6) is 1.52. The molecule has 2 amide bonds. The second-order valence-corrected chi connectivity index (χ2v) is 6.87. The molecule has 1 saturated heterocycles. The van der Waals surface area contributed by atoms with Crippen molar-refractivity contribution >= 4 is 29.2 Å². The number of pyridine rings is 1. The lowest BCUT2D eigenvalue weighted by molar-refractivity contribution is -0.124. The van der Waals surface area contributed by atoms with E-state index >= 15 is 0 Å². The highest BCUT2D eigenvalue weighted by atomic mass is 35.5. The zero-order valence-corrected chi connectivity index (χ0v) is 11.9. The third-order valence-electron chi connectivity index (χ3n) is 5.59. The van der Waals surface area contributed by atoms with Crippen LogP contribution in [0.3, 0.4) is 0 Å². The molecule has 0 aromatic carbocycles. The Labute approximate surface area is 126 Å². The Hall–Kier alpha value is -1.68. The summed E-state index contributed by atoms with van der Waals surface area (Å²) in [6, 6.07) is 5.04. The van der Waals surface area contributed by atoms with Crippen LogP contribution in [-0.4, -0.2) is 16.8 Å². The summed E-state index contributed by atoms with van der Waals surface area (Å²) in [5.41, 5.74) is 0. The van der Waals surface area contributed by atoms with Gasteiger partial charge in [-0.1, -0.05) is 29.8 Å². The summed E-state index contributed by atoms with van der Waals surface area (Å²) in [6.07, 6.45) is 5.51. The highest BCUT2D eigenvalue weighted by Gasteiger charge is 2.67. The lowest BCUT2D eigenvalue weighted by atomic mass is 9.63. The molecule has 6 atom stereocenters. The van der Waals surface area contributed by atoms with Crippen LogP contribution in [0.25, 0.3) is 0 Å². The zero-order chi connectivity index (χ0) is 14.3. The molecule has 0 N–H and O–H groups in total. The average molecular weight is 301 g/mol. The minimum Gasteiger partial charge on any atom is -0.274 e. The first-order valence-electron chi connectivity index (χ1n) is 7.35. The molecule has 2 saturated carbocycles. The molecule has 2 bridgehead atoms. The molecule has 4 nitrogen and oxygen atoms in total. The van der Waals surface area contributed by atoms with E-state index in [9.17, 15) is 9.59 Å². The van der Waals surface area contributed by atoms with Gasteiger partial charge in [0, 0.05) is 0 Å². The first-order valence-corrected chi connectivity index (χ1v) is 7.73. The molecule has 0 radical (unpaired) electrons. The van der Waals surface area contributed by atoms with Gasteiger partial charge in [0.2, 0.25) is 11.8 Å². The Morgan fingerprint density at radius 3 is 2.24 bits per heavy atom. The fourth-order valence-corrected chi connectivity index (χ4v) is 4.86. The Morgan fingerprint density at radius 2 is 1.67 bits per heavy atom. The topological polar surface area (TPSA) is 50.3 Å². The van der Waals surface area contributed by atoms with Gasteiger partial charge >= 0.3 is 0 Å². The Bertz CT molecular complexity index is 680. The van der Waals surface area contributed by atoms with Crippen LogP contribution in [0.15, 0.2) is 30.4 Å². The van der Waals surface area contributed by atoms with Gasteiger partial charge in [-0.05, 0) is 42.2 Å². The number of allylic oxidation sites excluding steroid dienone is 2. The number of hydrogen-bond donors (Lipinski definition) is 0. The molecule has 0 spiro atoms. The number of carbonyl (C=O) groups excluding carboxylic acids is 2. The Balaban J connectivity index is 1.60. The number of halogens is 1. The second-order valence-electron chi connectivity index (χ2n) is 6.48. The number of amides is 2. The van der Waals surface area contributed by atoms with E-state index in [2.05, 4.69) is 17.1 Å². The monoisotopic (exact) mass is 300 g/mol. The third kappa shape index (κ3) is 1.39. The van der Waals surface area contributed by atoms with Crippen LogP contribution in [0.5, 0.6) is 0 Å². The number of anilines is 1. The fraction of sp³-hybridized carbons (Fsp3) is 0.438. The molecule has 4 aliphatic carbocycles. The number of imide groups is 1. The molecule has 6 rings (SSSR count). The van der Waals surface area contributed by atoms with Gasteiger partial charge in [0.15, 0.2) is 0 Å². The summed E-state index contributed by atoms with van der Waals surface area (Å²) in [4.78, 5) is 31.0. The number of carbonyl (C=O) groups is 2. The Morgan fingerprint density at radius 1 is 1.05 bits per heavy atom. The number of nitrogens with zero attached hydrogens (tertiary/aromatic N) is 2.